The van der Waals surface area contributed by atoms with Crippen molar-refractivity contribution in [2.24, 2.45) is 0 Å². The second-order valence-corrected chi connectivity index (χ2v) is 7.20. The normalized spacial score (nSPS) is 27.2. The van der Waals surface area contributed by atoms with Crippen molar-refractivity contribution in [3.05, 3.63) is 58.7 Å². The zero-order chi connectivity index (χ0) is 16.3. The maximum Gasteiger partial charge on any atom is 0.119 e. The van der Waals surface area contributed by atoms with E-state index in [0.29, 0.717) is 18.0 Å². The number of benzene rings is 2. The maximum atomic E-state index is 5.53. The fourth-order valence-electron chi connectivity index (χ4n) is 5.18. The lowest BCUT2D eigenvalue weighted by molar-refractivity contribution is 0.157. The van der Waals surface area contributed by atoms with Crippen molar-refractivity contribution in [2.45, 2.75) is 37.3 Å². The van der Waals surface area contributed by atoms with E-state index in [1.54, 1.807) is 14.2 Å². The first kappa shape index (κ1) is 14.4. The van der Waals surface area contributed by atoms with Crippen LogP contribution in [0.2, 0.25) is 0 Å². The molecule has 2 aromatic rings. The van der Waals surface area contributed by atoms with E-state index in [9.17, 15) is 0 Å². The van der Waals surface area contributed by atoms with Gasteiger partial charge in [-0.25, -0.2) is 0 Å². The number of methoxy groups -OCH3 is 2. The predicted molar refractivity (Wildman–Crippen MR) is 94.0 cm³/mol. The molecule has 0 aromatic heterocycles. The third kappa shape index (κ3) is 1.88. The van der Waals surface area contributed by atoms with Crippen LogP contribution in [0.25, 0.3) is 0 Å². The summed E-state index contributed by atoms with van der Waals surface area (Å²) in [6.07, 6.45) is 3.70. The molecule has 0 unspecified atom stereocenters. The molecule has 6 rings (SSSR count). The lowest BCUT2D eigenvalue weighted by Crippen LogP contribution is -2.41. The van der Waals surface area contributed by atoms with E-state index in [-0.39, 0.29) is 0 Å². The Morgan fingerprint density at radius 1 is 0.917 bits per heavy atom. The molecular formula is C21H23NO2. The van der Waals surface area contributed by atoms with Crippen molar-refractivity contribution >= 4 is 0 Å². The summed E-state index contributed by atoms with van der Waals surface area (Å²) < 4.78 is 11.1. The predicted octanol–water partition coefficient (Wildman–Crippen LogP) is 3.91. The number of ether oxygens (including phenoxy) is 2. The van der Waals surface area contributed by atoms with Gasteiger partial charge in [0.2, 0.25) is 0 Å². The van der Waals surface area contributed by atoms with Crippen LogP contribution in [-0.4, -0.2) is 31.7 Å². The molecular weight excluding hydrogens is 298 g/mol. The minimum absolute atomic E-state index is 0.432. The molecule has 1 saturated heterocycles. The molecule has 0 amide bonds. The van der Waals surface area contributed by atoms with E-state index >= 15 is 0 Å². The molecule has 0 N–H and O–H groups in total. The number of nitrogens with zero attached hydrogens (tertiary/aromatic N) is 1. The molecule has 0 radical (unpaired) electrons. The van der Waals surface area contributed by atoms with E-state index in [1.165, 1.54) is 41.6 Å². The number of hydrogen-bond acceptors (Lipinski definition) is 3. The van der Waals surface area contributed by atoms with Crippen LogP contribution in [0.1, 0.15) is 47.1 Å². The Labute approximate surface area is 143 Å². The summed E-state index contributed by atoms with van der Waals surface area (Å²) >= 11 is 0. The average Bonchev–Trinajstić information content (AvgIpc) is 3.01. The van der Waals surface area contributed by atoms with Gasteiger partial charge in [0.05, 0.1) is 14.2 Å². The summed E-state index contributed by atoms with van der Waals surface area (Å²) in [4.78, 5) is 2.76. The van der Waals surface area contributed by atoms with Crippen molar-refractivity contribution in [1.82, 2.24) is 4.90 Å². The molecule has 1 aliphatic carbocycles. The van der Waals surface area contributed by atoms with Crippen LogP contribution in [0.4, 0.5) is 0 Å². The van der Waals surface area contributed by atoms with E-state index in [0.717, 1.165) is 17.9 Å². The summed E-state index contributed by atoms with van der Waals surface area (Å²) in [6, 6.07) is 14.5. The molecule has 0 spiro atoms. The molecule has 3 nitrogen and oxygen atoms in total. The van der Waals surface area contributed by atoms with E-state index in [4.69, 9.17) is 9.47 Å². The highest BCUT2D eigenvalue weighted by Crippen LogP contribution is 2.53. The molecule has 124 valence electrons. The molecule has 2 bridgehead atoms. The highest BCUT2D eigenvalue weighted by Gasteiger charge is 2.47. The summed E-state index contributed by atoms with van der Waals surface area (Å²) in [6.45, 7) is 1.22. The van der Waals surface area contributed by atoms with Crippen LogP contribution < -0.4 is 9.47 Å². The molecule has 3 atom stereocenters. The molecule has 3 heterocycles. The Kier molecular flexibility index (Phi) is 3.14. The van der Waals surface area contributed by atoms with Crippen LogP contribution in [0.5, 0.6) is 11.5 Å². The fourth-order valence-corrected chi connectivity index (χ4v) is 5.18. The van der Waals surface area contributed by atoms with Gasteiger partial charge in [-0.2, -0.15) is 0 Å². The van der Waals surface area contributed by atoms with Gasteiger partial charge in [0, 0.05) is 18.0 Å². The van der Waals surface area contributed by atoms with Crippen LogP contribution in [-0.2, 0) is 6.42 Å². The van der Waals surface area contributed by atoms with Gasteiger partial charge in [-0.05, 0) is 72.3 Å². The van der Waals surface area contributed by atoms with Crippen molar-refractivity contribution in [2.75, 3.05) is 20.8 Å². The Balaban J connectivity index is 1.77. The third-order valence-corrected chi connectivity index (χ3v) is 6.22. The largest absolute Gasteiger partial charge is 0.497 e. The minimum Gasteiger partial charge on any atom is -0.497 e. The first-order valence-electron chi connectivity index (χ1n) is 8.90. The van der Waals surface area contributed by atoms with Gasteiger partial charge >= 0.3 is 0 Å². The van der Waals surface area contributed by atoms with E-state index in [1.807, 2.05) is 0 Å². The molecule has 3 heteroatoms. The zero-order valence-electron chi connectivity index (χ0n) is 14.3. The van der Waals surface area contributed by atoms with Crippen molar-refractivity contribution in [3.63, 3.8) is 0 Å². The van der Waals surface area contributed by atoms with Crippen molar-refractivity contribution in [1.29, 1.82) is 0 Å². The molecule has 2 aromatic carbocycles. The van der Waals surface area contributed by atoms with Crippen molar-refractivity contribution < 1.29 is 9.47 Å². The van der Waals surface area contributed by atoms with Crippen LogP contribution in [0, 0.1) is 0 Å². The summed E-state index contributed by atoms with van der Waals surface area (Å²) in [7, 11) is 3.52. The Bertz CT molecular complexity index is 800. The van der Waals surface area contributed by atoms with Gasteiger partial charge in [0.25, 0.3) is 0 Å². The fraction of sp³-hybridized carbons (Fsp3) is 0.429. The zero-order valence-corrected chi connectivity index (χ0v) is 14.3. The molecule has 0 saturated carbocycles. The number of rotatable bonds is 2. The second kappa shape index (κ2) is 5.25. The standard InChI is InChI=1S/C21H23NO2/c1-23-14-6-5-13-10-20-16-8-7-15(24-2)12-18(16)21(17(13)11-14)19-4-3-9-22(19)20/h5-8,11-12,19-21H,3-4,9-10H2,1-2H3/t19-,20+,21-/m0/s1. The van der Waals surface area contributed by atoms with Crippen molar-refractivity contribution in [3.8, 4) is 11.5 Å². The monoisotopic (exact) mass is 321 g/mol. The topological polar surface area (TPSA) is 21.7 Å². The van der Waals surface area contributed by atoms with Gasteiger partial charge < -0.3 is 9.47 Å². The average molecular weight is 321 g/mol. The highest BCUT2D eigenvalue weighted by molar-refractivity contribution is 5.54. The van der Waals surface area contributed by atoms with Gasteiger partial charge in [-0.1, -0.05) is 12.1 Å². The number of hydrogen-bond donors (Lipinski definition) is 0. The first-order chi connectivity index (χ1) is 11.8. The lowest BCUT2D eigenvalue weighted by atomic mass is 9.78. The van der Waals surface area contributed by atoms with Crippen LogP contribution >= 0.6 is 0 Å². The molecule has 24 heavy (non-hydrogen) atoms. The quantitative estimate of drug-likeness (QED) is 0.837. The smallest absolute Gasteiger partial charge is 0.119 e. The SMILES string of the molecule is COc1ccc2c(c1)[C@H]1c3cc(OC)ccc3[C@@H](C2)N2CCC[C@@H]12. The molecule has 1 fully saturated rings. The van der Waals surface area contributed by atoms with Crippen LogP contribution in [0.15, 0.2) is 36.4 Å². The lowest BCUT2D eigenvalue weighted by Gasteiger charge is -2.41. The highest BCUT2D eigenvalue weighted by atomic mass is 16.5. The van der Waals surface area contributed by atoms with Gasteiger partial charge in [-0.3, -0.25) is 4.90 Å². The Morgan fingerprint density at radius 3 is 2.46 bits per heavy atom. The maximum absolute atomic E-state index is 5.53. The summed E-state index contributed by atoms with van der Waals surface area (Å²) in [5, 5.41) is 0. The summed E-state index contributed by atoms with van der Waals surface area (Å²) in [5.41, 5.74) is 5.90. The van der Waals surface area contributed by atoms with E-state index in [2.05, 4.69) is 41.3 Å². The minimum atomic E-state index is 0.432. The Hall–Kier alpha value is -2.00. The van der Waals surface area contributed by atoms with Crippen LogP contribution in [0.3, 0.4) is 0 Å². The molecule has 3 aliphatic heterocycles. The second-order valence-electron chi connectivity index (χ2n) is 7.20. The summed E-state index contributed by atoms with van der Waals surface area (Å²) in [5.74, 6) is 2.37. The van der Waals surface area contributed by atoms with Gasteiger partial charge in [0.15, 0.2) is 0 Å². The van der Waals surface area contributed by atoms with Gasteiger partial charge in [0.1, 0.15) is 11.5 Å². The van der Waals surface area contributed by atoms with E-state index < -0.39 is 0 Å². The third-order valence-electron chi connectivity index (χ3n) is 6.22. The first-order valence-corrected chi connectivity index (χ1v) is 8.90. The Morgan fingerprint density at radius 2 is 1.67 bits per heavy atom. The van der Waals surface area contributed by atoms with Gasteiger partial charge in [-0.15, -0.1) is 0 Å². The molecule has 4 aliphatic rings.